The van der Waals surface area contributed by atoms with Crippen molar-refractivity contribution in [1.82, 2.24) is 14.6 Å². The fraction of sp³-hybridized carbons (Fsp3) is 0.250. The van der Waals surface area contributed by atoms with Crippen LogP contribution in [0.1, 0.15) is 40.5 Å². The molecule has 0 radical (unpaired) electrons. The summed E-state index contributed by atoms with van der Waals surface area (Å²) in [4.78, 5) is 29.9. The third-order valence-corrected chi connectivity index (χ3v) is 5.74. The summed E-state index contributed by atoms with van der Waals surface area (Å²) < 4.78 is 7.14. The summed E-state index contributed by atoms with van der Waals surface area (Å²) >= 11 is 1.43. The lowest BCUT2D eigenvalue weighted by Crippen LogP contribution is -2.16. The minimum absolute atomic E-state index is 0.156. The number of hydrogen-bond acceptors (Lipinski definition) is 6. The van der Waals surface area contributed by atoms with Crippen LogP contribution < -0.4 is 15.6 Å². The molecule has 0 saturated carbocycles. The molecule has 0 aliphatic heterocycles. The third-order valence-electron chi connectivity index (χ3n) is 4.81. The Balaban J connectivity index is 1.41. The molecule has 32 heavy (non-hydrogen) atoms. The van der Waals surface area contributed by atoms with Crippen LogP contribution in [-0.4, -0.2) is 20.5 Å². The van der Waals surface area contributed by atoms with Crippen molar-refractivity contribution in [3.63, 3.8) is 0 Å². The van der Waals surface area contributed by atoms with Crippen molar-refractivity contribution < 1.29 is 9.53 Å². The molecule has 4 aromatic rings. The predicted molar refractivity (Wildman–Crippen MR) is 126 cm³/mol. The molecule has 164 valence electrons. The van der Waals surface area contributed by atoms with Crippen LogP contribution in [0.25, 0.3) is 4.96 Å². The fourth-order valence-corrected chi connectivity index (χ4v) is 4.35. The fourth-order valence-electron chi connectivity index (χ4n) is 3.22. The first-order valence-electron chi connectivity index (χ1n) is 10.4. The molecule has 0 saturated heterocycles. The Labute approximate surface area is 189 Å². The van der Waals surface area contributed by atoms with Crippen LogP contribution >= 0.6 is 11.3 Å². The first-order valence-corrected chi connectivity index (χ1v) is 11.2. The molecule has 1 amide bonds. The van der Waals surface area contributed by atoms with Crippen molar-refractivity contribution >= 4 is 27.9 Å². The highest BCUT2D eigenvalue weighted by Crippen LogP contribution is 2.19. The van der Waals surface area contributed by atoms with E-state index in [4.69, 9.17) is 4.74 Å². The highest BCUT2D eigenvalue weighted by atomic mass is 32.1. The summed E-state index contributed by atoms with van der Waals surface area (Å²) in [5, 5.41) is 8.14. The highest BCUT2D eigenvalue weighted by Gasteiger charge is 2.11. The Morgan fingerprint density at radius 2 is 1.91 bits per heavy atom. The number of carbonyl (C=O) groups excluding carboxylic acids is 1. The van der Waals surface area contributed by atoms with Gasteiger partial charge in [-0.15, -0.1) is 0 Å². The van der Waals surface area contributed by atoms with Gasteiger partial charge in [0.05, 0.1) is 5.69 Å². The van der Waals surface area contributed by atoms with Gasteiger partial charge in [-0.1, -0.05) is 43.4 Å². The lowest BCUT2D eigenvalue weighted by molar-refractivity contribution is 0.102. The van der Waals surface area contributed by atoms with Crippen molar-refractivity contribution in [2.24, 2.45) is 5.92 Å². The standard InChI is InChI=1S/C24H24N4O3S/c1-15(2)12-21-27-28-22(29)13-18(26-24(28)32-21)14-31-19-10-8-17(9-11-19)25-23(30)20-7-5-4-6-16(20)3/h4-11,13,15H,12,14H2,1-3H3,(H,25,30). The second kappa shape index (κ2) is 9.32. The maximum absolute atomic E-state index is 12.4. The third kappa shape index (κ3) is 5.03. The molecule has 2 heterocycles. The van der Waals surface area contributed by atoms with Gasteiger partial charge in [-0.25, -0.2) is 4.98 Å². The van der Waals surface area contributed by atoms with Gasteiger partial charge in [0.1, 0.15) is 17.4 Å². The molecule has 0 fully saturated rings. The van der Waals surface area contributed by atoms with Crippen molar-refractivity contribution in [3.8, 4) is 5.75 Å². The number of amides is 1. The van der Waals surface area contributed by atoms with Crippen LogP contribution in [-0.2, 0) is 13.0 Å². The van der Waals surface area contributed by atoms with Crippen molar-refractivity contribution in [2.45, 2.75) is 33.8 Å². The number of benzene rings is 2. The van der Waals surface area contributed by atoms with Crippen LogP contribution in [0.2, 0.25) is 0 Å². The van der Waals surface area contributed by atoms with Gasteiger partial charge in [-0.2, -0.15) is 9.61 Å². The second-order valence-electron chi connectivity index (χ2n) is 7.96. The Kier molecular flexibility index (Phi) is 6.32. The zero-order valence-electron chi connectivity index (χ0n) is 18.2. The van der Waals surface area contributed by atoms with Gasteiger partial charge in [-0.3, -0.25) is 9.59 Å². The van der Waals surface area contributed by atoms with Gasteiger partial charge in [-0.05, 0) is 48.7 Å². The number of nitrogens with one attached hydrogen (secondary N) is 1. The normalized spacial score (nSPS) is 11.1. The van der Waals surface area contributed by atoms with Crippen LogP contribution in [0.3, 0.4) is 0 Å². The van der Waals surface area contributed by atoms with E-state index in [0.29, 0.717) is 33.6 Å². The average Bonchev–Trinajstić information content (AvgIpc) is 3.16. The van der Waals surface area contributed by atoms with E-state index in [-0.39, 0.29) is 18.1 Å². The van der Waals surface area contributed by atoms with Gasteiger partial charge >= 0.3 is 0 Å². The highest BCUT2D eigenvalue weighted by molar-refractivity contribution is 7.16. The molecule has 8 heteroatoms. The van der Waals surface area contributed by atoms with Gasteiger partial charge in [0.15, 0.2) is 0 Å². The molecule has 1 N–H and O–H groups in total. The van der Waals surface area contributed by atoms with Gasteiger partial charge in [0.2, 0.25) is 4.96 Å². The summed E-state index contributed by atoms with van der Waals surface area (Å²) in [7, 11) is 0. The first kappa shape index (κ1) is 21.7. The molecule has 0 aliphatic carbocycles. The number of hydrogen-bond donors (Lipinski definition) is 1. The minimum Gasteiger partial charge on any atom is -0.487 e. The molecule has 7 nitrogen and oxygen atoms in total. The lowest BCUT2D eigenvalue weighted by atomic mass is 10.1. The molecule has 0 spiro atoms. The van der Waals surface area contributed by atoms with E-state index in [0.717, 1.165) is 17.0 Å². The zero-order chi connectivity index (χ0) is 22.7. The molecule has 0 aliphatic rings. The van der Waals surface area contributed by atoms with E-state index < -0.39 is 0 Å². The number of aromatic nitrogens is 3. The number of rotatable bonds is 7. The van der Waals surface area contributed by atoms with Crippen LogP contribution in [0.4, 0.5) is 5.69 Å². The van der Waals surface area contributed by atoms with Gasteiger partial charge < -0.3 is 10.1 Å². The Morgan fingerprint density at radius 3 is 2.62 bits per heavy atom. The summed E-state index contributed by atoms with van der Waals surface area (Å²) in [6.07, 6.45) is 0.812. The Morgan fingerprint density at radius 1 is 1.16 bits per heavy atom. The van der Waals surface area contributed by atoms with E-state index in [1.54, 1.807) is 30.3 Å². The monoisotopic (exact) mass is 448 g/mol. The number of ether oxygens (including phenoxy) is 1. The van der Waals surface area contributed by atoms with Crippen LogP contribution in [0.5, 0.6) is 5.75 Å². The molecule has 0 atom stereocenters. The maximum Gasteiger partial charge on any atom is 0.275 e. The summed E-state index contributed by atoms with van der Waals surface area (Å²) in [5.74, 6) is 0.917. The van der Waals surface area contributed by atoms with E-state index in [1.165, 1.54) is 21.9 Å². The van der Waals surface area contributed by atoms with Crippen LogP contribution in [0.15, 0.2) is 59.4 Å². The molecular formula is C24H24N4O3S. The molecule has 0 bridgehead atoms. The quantitative estimate of drug-likeness (QED) is 0.450. The smallest absolute Gasteiger partial charge is 0.275 e. The minimum atomic E-state index is -0.214. The number of aryl methyl sites for hydroxylation is 1. The Bertz CT molecular complexity index is 1310. The summed E-state index contributed by atoms with van der Waals surface area (Å²) in [6, 6.07) is 16.0. The van der Waals surface area contributed by atoms with Crippen molar-refractivity contribution in [3.05, 3.63) is 86.8 Å². The molecule has 2 aromatic carbocycles. The summed E-state index contributed by atoms with van der Waals surface area (Å²) in [6.45, 7) is 6.29. The number of nitrogens with zero attached hydrogens (tertiary/aromatic N) is 3. The van der Waals surface area contributed by atoms with E-state index in [1.807, 2.05) is 25.1 Å². The molecule has 4 rings (SSSR count). The van der Waals surface area contributed by atoms with Gasteiger partial charge in [0, 0.05) is 23.7 Å². The predicted octanol–water partition coefficient (Wildman–Crippen LogP) is 4.49. The second-order valence-corrected chi connectivity index (χ2v) is 9.00. The number of anilines is 1. The SMILES string of the molecule is Cc1ccccc1C(=O)Nc1ccc(OCc2cc(=O)n3nc(CC(C)C)sc3n2)cc1. The number of carbonyl (C=O) groups is 1. The van der Waals surface area contributed by atoms with Crippen LogP contribution in [0, 0.1) is 12.8 Å². The summed E-state index contributed by atoms with van der Waals surface area (Å²) in [5.41, 5.74) is 2.56. The molecule has 0 unspecified atom stereocenters. The zero-order valence-corrected chi connectivity index (χ0v) is 19.0. The van der Waals surface area contributed by atoms with E-state index in [2.05, 4.69) is 29.2 Å². The average molecular weight is 449 g/mol. The molecular weight excluding hydrogens is 424 g/mol. The van der Waals surface area contributed by atoms with Crippen molar-refractivity contribution in [1.29, 1.82) is 0 Å². The maximum atomic E-state index is 12.4. The molecule has 2 aromatic heterocycles. The lowest BCUT2D eigenvalue weighted by Gasteiger charge is -2.09. The van der Waals surface area contributed by atoms with Crippen molar-refractivity contribution in [2.75, 3.05) is 5.32 Å². The topological polar surface area (TPSA) is 85.6 Å². The largest absolute Gasteiger partial charge is 0.487 e. The van der Waals surface area contributed by atoms with E-state index >= 15 is 0 Å². The van der Waals surface area contributed by atoms with Gasteiger partial charge in [0.25, 0.3) is 11.5 Å². The number of fused-ring (bicyclic) bond motifs is 1. The Hall–Kier alpha value is -3.52. The van der Waals surface area contributed by atoms with E-state index in [9.17, 15) is 9.59 Å². The first-order chi connectivity index (χ1) is 15.4.